The minimum atomic E-state index is -0.817. The number of azo groups is 1. The zero-order chi connectivity index (χ0) is 26.3. The number of esters is 1. The molecule has 0 unspecified atom stereocenters. The molecule has 35 heavy (non-hydrogen) atoms. The van der Waals surface area contributed by atoms with E-state index in [0.717, 1.165) is 12.1 Å². The van der Waals surface area contributed by atoms with E-state index >= 15 is 0 Å². The maximum Gasteiger partial charge on any atom is 0.304 e. The Morgan fingerprint density at radius 1 is 1.11 bits per heavy atom. The molecular weight excluding hydrogens is 532 g/mol. The minimum Gasteiger partial charge on any atom is -0.494 e. The Morgan fingerprint density at radius 3 is 2.34 bits per heavy atom. The van der Waals surface area contributed by atoms with Crippen LogP contribution in [0.25, 0.3) is 0 Å². The van der Waals surface area contributed by atoms with E-state index in [2.05, 4.69) is 31.5 Å². The first-order chi connectivity index (χ1) is 16.4. The van der Waals surface area contributed by atoms with Crippen LogP contribution in [0.2, 0.25) is 0 Å². The van der Waals surface area contributed by atoms with Crippen LogP contribution in [0.3, 0.4) is 0 Å². The number of carbonyl (C=O) groups excluding carboxylic acids is 2. The third-order valence-electron chi connectivity index (χ3n) is 4.44. The lowest BCUT2D eigenvalue weighted by atomic mass is 10.2. The number of nitro groups is 2. The number of ether oxygens (including phenoxy) is 2. The second-order valence-electron chi connectivity index (χ2n) is 6.99. The molecule has 0 aliphatic heterocycles. The number of rotatable bonds is 10. The maximum atomic E-state index is 11.8. The van der Waals surface area contributed by atoms with E-state index in [1.807, 2.05) is 0 Å². The van der Waals surface area contributed by atoms with Gasteiger partial charge in [0.25, 0.3) is 5.69 Å². The number of carbonyl (C=O) groups is 2. The van der Waals surface area contributed by atoms with Gasteiger partial charge in [-0.1, -0.05) is 0 Å². The molecule has 0 aliphatic carbocycles. The van der Waals surface area contributed by atoms with Crippen molar-refractivity contribution in [2.45, 2.75) is 13.8 Å². The van der Waals surface area contributed by atoms with Crippen molar-refractivity contribution in [3.8, 4) is 5.75 Å². The van der Waals surface area contributed by atoms with Gasteiger partial charge in [0.05, 0.1) is 45.4 Å². The predicted octanol–water partition coefficient (Wildman–Crippen LogP) is 4.65. The van der Waals surface area contributed by atoms with Crippen molar-refractivity contribution in [1.82, 2.24) is 0 Å². The van der Waals surface area contributed by atoms with Gasteiger partial charge in [-0.25, -0.2) is 0 Å². The molecule has 15 heteroatoms. The van der Waals surface area contributed by atoms with Crippen LogP contribution in [0.4, 0.5) is 34.1 Å². The first kappa shape index (κ1) is 27.1. The van der Waals surface area contributed by atoms with Gasteiger partial charge in [0, 0.05) is 33.0 Å². The number of anilines is 2. The van der Waals surface area contributed by atoms with Gasteiger partial charge in [-0.05, 0) is 22.0 Å². The number of nitrogens with one attached hydrogen (secondary N) is 1. The summed E-state index contributed by atoms with van der Waals surface area (Å²) in [6.07, 6.45) is 0. The Morgan fingerprint density at radius 2 is 1.80 bits per heavy atom. The molecule has 1 amide bonds. The number of methoxy groups -OCH3 is 1. The molecule has 2 rings (SSSR count). The van der Waals surface area contributed by atoms with Gasteiger partial charge in [-0.2, -0.15) is 0 Å². The Bertz CT molecular complexity index is 1200. The first-order valence-electron chi connectivity index (χ1n) is 9.82. The van der Waals surface area contributed by atoms with Crippen molar-refractivity contribution < 1.29 is 28.9 Å². The van der Waals surface area contributed by atoms with Gasteiger partial charge in [0.2, 0.25) is 5.91 Å². The summed E-state index contributed by atoms with van der Waals surface area (Å²) in [5, 5.41) is 33.1. The first-order valence-corrected chi connectivity index (χ1v) is 10.6. The molecule has 2 aromatic carbocycles. The van der Waals surface area contributed by atoms with Crippen molar-refractivity contribution in [2.24, 2.45) is 10.2 Å². The summed E-state index contributed by atoms with van der Waals surface area (Å²) in [4.78, 5) is 45.5. The number of likely N-dealkylation sites (N-methyl/N-ethyl adjacent to an activating group) is 1. The van der Waals surface area contributed by atoms with E-state index in [9.17, 15) is 29.8 Å². The van der Waals surface area contributed by atoms with Gasteiger partial charge in [-0.3, -0.25) is 29.8 Å². The highest BCUT2D eigenvalue weighted by Gasteiger charge is 2.24. The fourth-order valence-corrected chi connectivity index (χ4v) is 3.37. The standard InChI is InChI=1S/C20H21BrN6O8/c1-11(28)22-15-9-17(25(3)5-6-35-12(2)29)19(34-4)10-16(15)23-24-20-14(21)7-13(26(30)31)8-18(20)27(32)33/h7-10H,5-6H2,1-4H3,(H,22,28). The summed E-state index contributed by atoms with van der Waals surface area (Å²) in [7, 11) is 3.13. The van der Waals surface area contributed by atoms with Crippen LogP contribution in [0.1, 0.15) is 13.8 Å². The van der Waals surface area contributed by atoms with Gasteiger partial charge >= 0.3 is 11.7 Å². The lowest BCUT2D eigenvalue weighted by Gasteiger charge is -2.23. The summed E-state index contributed by atoms with van der Waals surface area (Å²) in [6, 6.07) is 4.85. The molecule has 0 fully saturated rings. The average molecular weight is 553 g/mol. The summed E-state index contributed by atoms with van der Waals surface area (Å²) in [6.45, 7) is 3.01. The molecule has 0 saturated heterocycles. The van der Waals surface area contributed by atoms with Gasteiger partial charge in [-0.15, -0.1) is 10.2 Å². The van der Waals surface area contributed by atoms with E-state index in [1.165, 1.54) is 27.0 Å². The van der Waals surface area contributed by atoms with E-state index in [-0.39, 0.29) is 28.1 Å². The Balaban J connectivity index is 2.55. The normalized spacial score (nSPS) is 10.7. The molecule has 186 valence electrons. The number of benzene rings is 2. The molecule has 0 heterocycles. The van der Waals surface area contributed by atoms with Crippen LogP contribution in [0, 0.1) is 20.2 Å². The van der Waals surface area contributed by atoms with Crippen LogP contribution in [-0.4, -0.2) is 49.0 Å². The van der Waals surface area contributed by atoms with Crippen LogP contribution >= 0.6 is 15.9 Å². The zero-order valence-corrected chi connectivity index (χ0v) is 20.7. The molecule has 0 radical (unpaired) electrons. The largest absolute Gasteiger partial charge is 0.494 e. The van der Waals surface area contributed by atoms with E-state index in [1.54, 1.807) is 18.0 Å². The van der Waals surface area contributed by atoms with Gasteiger partial charge < -0.3 is 19.7 Å². The maximum absolute atomic E-state index is 11.8. The number of hydrogen-bond acceptors (Lipinski definition) is 11. The molecule has 0 atom stereocenters. The Labute approximate surface area is 207 Å². The highest BCUT2D eigenvalue weighted by atomic mass is 79.9. The monoisotopic (exact) mass is 552 g/mol. The summed E-state index contributed by atoms with van der Waals surface area (Å²) in [5.74, 6) is -0.509. The minimum absolute atomic E-state index is 0.0167. The number of halogens is 1. The molecule has 0 saturated carbocycles. The van der Waals surface area contributed by atoms with Crippen molar-refractivity contribution in [3.63, 3.8) is 0 Å². The quantitative estimate of drug-likeness (QED) is 0.190. The average Bonchev–Trinajstić information content (AvgIpc) is 2.77. The second-order valence-corrected chi connectivity index (χ2v) is 7.85. The van der Waals surface area contributed by atoms with Crippen molar-refractivity contribution in [3.05, 3.63) is 49.0 Å². The summed E-state index contributed by atoms with van der Waals surface area (Å²) < 4.78 is 10.4. The summed E-state index contributed by atoms with van der Waals surface area (Å²) >= 11 is 3.06. The molecule has 0 aliphatic rings. The predicted molar refractivity (Wildman–Crippen MR) is 129 cm³/mol. The van der Waals surface area contributed by atoms with Crippen molar-refractivity contribution in [1.29, 1.82) is 0 Å². The summed E-state index contributed by atoms with van der Waals surface area (Å²) in [5.41, 5.74) is -0.527. The van der Waals surface area contributed by atoms with Crippen LogP contribution in [0.15, 0.2) is 39.0 Å². The Kier molecular flexibility index (Phi) is 9.16. The number of nitro benzene ring substituents is 2. The number of nitrogens with zero attached hydrogens (tertiary/aromatic N) is 5. The lowest BCUT2D eigenvalue weighted by molar-refractivity contribution is -0.393. The molecule has 14 nitrogen and oxygen atoms in total. The lowest BCUT2D eigenvalue weighted by Crippen LogP contribution is -2.24. The topological polar surface area (TPSA) is 179 Å². The van der Waals surface area contributed by atoms with Crippen LogP contribution in [0.5, 0.6) is 5.75 Å². The molecule has 1 N–H and O–H groups in total. The molecule has 2 aromatic rings. The fraction of sp³-hybridized carbons (Fsp3) is 0.300. The SMILES string of the molecule is COc1cc(N=Nc2c(Br)cc([N+](=O)[O-])cc2[N+](=O)[O-])c(NC(C)=O)cc1N(C)CCOC(C)=O. The van der Waals surface area contributed by atoms with Gasteiger partial charge in [0.1, 0.15) is 18.0 Å². The third kappa shape index (κ3) is 7.17. The van der Waals surface area contributed by atoms with E-state index in [4.69, 9.17) is 9.47 Å². The zero-order valence-electron chi connectivity index (χ0n) is 19.1. The van der Waals surface area contributed by atoms with Crippen LogP contribution < -0.4 is 15.0 Å². The molecule has 0 bridgehead atoms. The van der Waals surface area contributed by atoms with Gasteiger partial charge in [0.15, 0.2) is 5.69 Å². The molecule has 0 aromatic heterocycles. The molecular formula is C20H21BrN6O8. The third-order valence-corrected chi connectivity index (χ3v) is 5.05. The van der Waals surface area contributed by atoms with Crippen molar-refractivity contribution in [2.75, 3.05) is 37.5 Å². The highest BCUT2D eigenvalue weighted by molar-refractivity contribution is 9.10. The fourth-order valence-electron chi connectivity index (χ4n) is 2.86. The Hall–Kier alpha value is -4.14. The number of hydrogen-bond donors (Lipinski definition) is 1. The smallest absolute Gasteiger partial charge is 0.304 e. The number of amides is 1. The second kappa shape index (κ2) is 11.8. The number of non-ortho nitro benzene ring substituents is 1. The van der Waals surface area contributed by atoms with Crippen LogP contribution in [-0.2, 0) is 14.3 Å². The molecule has 0 spiro atoms. The van der Waals surface area contributed by atoms with E-state index in [0.29, 0.717) is 18.0 Å². The van der Waals surface area contributed by atoms with Crippen molar-refractivity contribution >= 4 is 61.9 Å². The highest BCUT2D eigenvalue weighted by Crippen LogP contribution is 2.42. The van der Waals surface area contributed by atoms with E-state index < -0.39 is 33.1 Å².